The minimum atomic E-state index is -1.31. The van der Waals surface area contributed by atoms with Gasteiger partial charge in [0.25, 0.3) is 0 Å². The quantitative estimate of drug-likeness (QED) is 0.591. The molecule has 0 N–H and O–H groups in total. The highest BCUT2D eigenvalue weighted by Gasteiger charge is 2.23. The first kappa shape index (κ1) is 15.5. The van der Waals surface area contributed by atoms with Crippen molar-refractivity contribution in [1.82, 2.24) is 0 Å². The second-order valence-corrected chi connectivity index (χ2v) is 4.53. The Hall–Kier alpha value is -1.92. The van der Waals surface area contributed by atoms with Gasteiger partial charge in [-0.1, -0.05) is 0 Å². The molecule has 0 spiro atoms. The van der Waals surface area contributed by atoms with Crippen LogP contribution in [0.5, 0.6) is 0 Å². The molecule has 0 fully saturated rings. The minimum absolute atomic E-state index is 0.413. The highest BCUT2D eigenvalue weighted by atomic mass is 19.2. The van der Waals surface area contributed by atoms with Crippen LogP contribution >= 0.6 is 0 Å². The molecule has 0 nitrogen and oxygen atoms in total. The van der Waals surface area contributed by atoms with Crippen LogP contribution in [0.4, 0.5) is 26.3 Å². The van der Waals surface area contributed by atoms with E-state index in [1.165, 1.54) is 0 Å². The Kier molecular flexibility index (Phi) is 4.03. The summed E-state index contributed by atoms with van der Waals surface area (Å²) in [6, 6.07) is 0.826. The molecular formula is C14H8BF6. The molecule has 0 aliphatic heterocycles. The van der Waals surface area contributed by atoms with Crippen molar-refractivity contribution in [2.75, 3.05) is 0 Å². The summed E-state index contributed by atoms with van der Waals surface area (Å²) in [5, 5.41) is 0. The summed E-state index contributed by atoms with van der Waals surface area (Å²) >= 11 is 0. The Morgan fingerprint density at radius 2 is 0.952 bits per heavy atom. The minimum Gasteiger partial charge on any atom is -0.207 e. The van der Waals surface area contributed by atoms with Gasteiger partial charge in [0.2, 0.25) is 7.28 Å². The van der Waals surface area contributed by atoms with E-state index < -0.39 is 57.0 Å². The SMILES string of the molecule is Cc1c(F)cc(F)c([B]c2c(F)cc(F)c(C)c2F)c1F. The molecule has 7 heteroatoms. The fraction of sp³-hybridized carbons (Fsp3) is 0.143. The van der Waals surface area contributed by atoms with Crippen molar-refractivity contribution in [2.24, 2.45) is 0 Å². The maximum atomic E-state index is 13.8. The molecule has 0 aromatic heterocycles. The number of hydrogen-bond acceptors (Lipinski definition) is 0. The van der Waals surface area contributed by atoms with Crippen molar-refractivity contribution < 1.29 is 26.3 Å². The van der Waals surface area contributed by atoms with E-state index in [2.05, 4.69) is 0 Å². The summed E-state index contributed by atoms with van der Waals surface area (Å²) in [5.41, 5.74) is -2.56. The Labute approximate surface area is 117 Å². The predicted octanol–water partition coefficient (Wildman–Crippen LogP) is 2.79. The predicted molar refractivity (Wildman–Crippen MR) is 67.1 cm³/mol. The maximum absolute atomic E-state index is 13.8. The fourth-order valence-corrected chi connectivity index (χ4v) is 1.83. The molecule has 0 unspecified atom stereocenters. The van der Waals surface area contributed by atoms with E-state index in [1.54, 1.807) is 0 Å². The normalized spacial score (nSPS) is 10.9. The molecule has 0 bridgehead atoms. The molecule has 1 radical (unpaired) electrons. The van der Waals surface area contributed by atoms with Crippen LogP contribution in [0, 0.1) is 48.8 Å². The van der Waals surface area contributed by atoms with E-state index >= 15 is 0 Å². The van der Waals surface area contributed by atoms with Crippen LogP contribution in [0.3, 0.4) is 0 Å². The van der Waals surface area contributed by atoms with Gasteiger partial charge in [-0.15, -0.1) is 0 Å². The zero-order chi connectivity index (χ0) is 15.9. The van der Waals surface area contributed by atoms with E-state index in [9.17, 15) is 26.3 Å². The zero-order valence-corrected chi connectivity index (χ0v) is 11.0. The van der Waals surface area contributed by atoms with E-state index in [4.69, 9.17) is 0 Å². The second-order valence-electron chi connectivity index (χ2n) is 4.53. The summed E-state index contributed by atoms with van der Waals surface area (Å²) in [7, 11) is 0.550. The molecule has 0 aliphatic rings. The Bertz CT molecular complexity index is 665. The van der Waals surface area contributed by atoms with Crippen molar-refractivity contribution in [1.29, 1.82) is 0 Å². The average Bonchev–Trinajstić information content (AvgIpc) is 2.42. The molecule has 0 heterocycles. The van der Waals surface area contributed by atoms with E-state index in [0.29, 0.717) is 19.4 Å². The highest BCUT2D eigenvalue weighted by Crippen LogP contribution is 2.14. The molecule has 0 atom stereocenters. The molecule has 2 rings (SSSR count). The first-order valence-electron chi connectivity index (χ1n) is 5.87. The summed E-state index contributed by atoms with van der Waals surface area (Å²) in [6.45, 7) is 2.12. The second kappa shape index (κ2) is 5.46. The van der Waals surface area contributed by atoms with Crippen molar-refractivity contribution in [2.45, 2.75) is 13.8 Å². The molecule has 0 aliphatic carbocycles. The van der Waals surface area contributed by atoms with Gasteiger partial charge < -0.3 is 0 Å². The molecule has 21 heavy (non-hydrogen) atoms. The lowest BCUT2D eigenvalue weighted by Crippen LogP contribution is -2.37. The van der Waals surface area contributed by atoms with Gasteiger partial charge >= 0.3 is 0 Å². The number of halogens is 6. The van der Waals surface area contributed by atoms with Crippen LogP contribution in [-0.4, -0.2) is 7.28 Å². The molecule has 0 saturated carbocycles. The third-order valence-corrected chi connectivity index (χ3v) is 3.16. The third kappa shape index (κ3) is 2.64. The van der Waals surface area contributed by atoms with Gasteiger partial charge in [0.05, 0.1) is 0 Å². The van der Waals surface area contributed by atoms with Crippen molar-refractivity contribution >= 4 is 18.2 Å². The zero-order valence-electron chi connectivity index (χ0n) is 11.0. The molecule has 109 valence electrons. The van der Waals surface area contributed by atoms with Crippen molar-refractivity contribution in [3.8, 4) is 0 Å². The lowest BCUT2D eigenvalue weighted by molar-refractivity contribution is 0.540. The van der Waals surface area contributed by atoms with Gasteiger partial charge in [0, 0.05) is 23.3 Å². The molecular weight excluding hydrogens is 293 g/mol. The molecule has 0 saturated heterocycles. The topological polar surface area (TPSA) is 0 Å². The van der Waals surface area contributed by atoms with Crippen LogP contribution in [0.2, 0.25) is 0 Å². The molecule has 2 aromatic rings. The number of hydrogen-bond donors (Lipinski definition) is 0. The van der Waals surface area contributed by atoms with Crippen molar-refractivity contribution in [3.05, 3.63) is 58.2 Å². The standard InChI is InChI=1S/C14H8BF6/c1-5-7(16)3-9(18)11(13(5)20)15-12-10(19)4-8(17)6(2)14(12)21/h3-4H,1-2H3. The summed E-state index contributed by atoms with van der Waals surface area (Å²) in [5.74, 6) is -7.38. The van der Waals surface area contributed by atoms with Gasteiger partial charge in [-0.3, -0.25) is 0 Å². The Morgan fingerprint density at radius 3 is 1.29 bits per heavy atom. The smallest absolute Gasteiger partial charge is 0.207 e. The lowest BCUT2D eigenvalue weighted by atomic mass is 9.62. The largest absolute Gasteiger partial charge is 0.207 e. The molecule has 0 amide bonds. The van der Waals surface area contributed by atoms with Gasteiger partial charge in [0.15, 0.2) is 0 Å². The Balaban J connectivity index is 2.59. The van der Waals surface area contributed by atoms with E-state index in [-0.39, 0.29) is 0 Å². The van der Waals surface area contributed by atoms with Crippen LogP contribution < -0.4 is 10.9 Å². The van der Waals surface area contributed by atoms with Gasteiger partial charge in [0.1, 0.15) is 34.9 Å². The average molecular weight is 301 g/mol. The van der Waals surface area contributed by atoms with Crippen LogP contribution in [0.25, 0.3) is 0 Å². The Morgan fingerprint density at radius 1 is 0.619 bits per heavy atom. The van der Waals surface area contributed by atoms with Gasteiger partial charge in [-0.2, -0.15) is 0 Å². The first-order chi connectivity index (χ1) is 9.73. The van der Waals surface area contributed by atoms with Gasteiger partial charge in [-0.05, 0) is 24.8 Å². The monoisotopic (exact) mass is 301 g/mol. The van der Waals surface area contributed by atoms with Crippen LogP contribution in [0.1, 0.15) is 11.1 Å². The number of rotatable bonds is 2. The lowest BCUT2D eigenvalue weighted by Gasteiger charge is -2.11. The van der Waals surface area contributed by atoms with E-state index in [0.717, 1.165) is 13.8 Å². The number of benzene rings is 2. The van der Waals surface area contributed by atoms with Crippen LogP contribution in [0.15, 0.2) is 12.1 Å². The first-order valence-corrected chi connectivity index (χ1v) is 5.87. The fourth-order valence-electron chi connectivity index (χ4n) is 1.83. The van der Waals surface area contributed by atoms with Gasteiger partial charge in [-0.25, -0.2) is 26.3 Å². The third-order valence-electron chi connectivity index (χ3n) is 3.16. The molecule has 2 aromatic carbocycles. The van der Waals surface area contributed by atoms with Crippen molar-refractivity contribution in [3.63, 3.8) is 0 Å². The van der Waals surface area contributed by atoms with Crippen LogP contribution in [-0.2, 0) is 0 Å². The highest BCUT2D eigenvalue weighted by molar-refractivity contribution is 6.67. The summed E-state index contributed by atoms with van der Waals surface area (Å²) < 4.78 is 81.1. The summed E-state index contributed by atoms with van der Waals surface area (Å²) in [6.07, 6.45) is 0. The van der Waals surface area contributed by atoms with E-state index in [1.807, 2.05) is 0 Å². The summed E-state index contributed by atoms with van der Waals surface area (Å²) in [4.78, 5) is 0. The maximum Gasteiger partial charge on any atom is 0.207 e.